The van der Waals surface area contributed by atoms with Gasteiger partial charge in [-0.05, 0) is 38.0 Å². The predicted molar refractivity (Wildman–Crippen MR) is 77.7 cm³/mol. The van der Waals surface area contributed by atoms with Crippen LogP contribution in [-0.4, -0.2) is 13.3 Å². The minimum absolute atomic E-state index is 0.686. The van der Waals surface area contributed by atoms with E-state index < -0.39 is 0 Å². The van der Waals surface area contributed by atoms with Gasteiger partial charge in [0.1, 0.15) is 0 Å². The molecular formula is C16H29N. The van der Waals surface area contributed by atoms with Crippen LogP contribution in [0.2, 0.25) is 0 Å². The van der Waals surface area contributed by atoms with Crippen molar-refractivity contribution in [2.24, 2.45) is 22.7 Å². The second-order valence-electron chi connectivity index (χ2n) is 5.71. The summed E-state index contributed by atoms with van der Waals surface area (Å²) in [5.41, 5.74) is 3.33. The first-order chi connectivity index (χ1) is 8.11. The molecule has 0 spiro atoms. The third kappa shape index (κ3) is 3.69. The zero-order valence-corrected chi connectivity index (χ0v) is 12.3. The smallest absolute Gasteiger partial charge is 0.0273 e. The summed E-state index contributed by atoms with van der Waals surface area (Å²) in [6.07, 6.45) is 8.86. The Balaban J connectivity index is 2.98. The van der Waals surface area contributed by atoms with Gasteiger partial charge in [-0.25, -0.2) is 0 Å². The van der Waals surface area contributed by atoms with Gasteiger partial charge >= 0.3 is 0 Å². The molecule has 0 N–H and O–H groups in total. The first-order valence-corrected chi connectivity index (χ1v) is 7.23. The van der Waals surface area contributed by atoms with Gasteiger partial charge in [0.2, 0.25) is 0 Å². The molecule has 1 unspecified atom stereocenters. The molecule has 1 aliphatic carbocycles. The molecule has 0 heterocycles. The van der Waals surface area contributed by atoms with Crippen LogP contribution in [0.4, 0.5) is 0 Å². The Morgan fingerprint density at radius 2 is 1.94 bits per heavy atom. The highest BCUT2D eigenvalue weighted by Gasteiger charge is 2.28. The molecule has 1 nitrogen and oxygen atoms in total. The average molecular weight is 235 g/mol. The molecule has 0 aromatic heterocycles. The van der Waals surface area contributed by atoms with Crippen LogP contribution in [0.25, 0.3) is 0 Å². The Morgan fingerprint density at radius 1 is 1.29 bits per heavy atom. The largest absolute Gasteiger partial charge is 0.301 e. The van der Waals surface area contributed by atoms with Crippen LogP contribution in [0.3, 0.4) is 0 Å². The number of allylic oxidation sites excluding steroid dienone is 2. The van der Waals surface area contributed by atoms with Crippen molar-refractivity contribution in [2.75, 3.05) is 7.05 Å². The minimum Gasteiger partial charge on any atom is -0.301 e. The van der Waals surface area contributed by atoms with Crippen molar-refractivity contribution in [2.45, 2.75) is 59.8 Å². The summed E-state index contributed by atoms with van der Waals surface area (Å²) in [5.74, 6) is 2.13. The molecule has 0 aliphatic heterocycles. The maximum Gasteiger partial charge on any atom is 0.0273 e. The number of rotatable bonds is 4. The molecule has 1 rings (SSSR count). The van der Waals surface area contributed by atoms with E-state index in [9.17, 15) is 0 Å². The molecule has 0 radical (unpaired) electrons. The fraction of sp³-hybridized carbons (Fsp3) is 0.812. The third-order valence-corrected chi connectivity index (χ3v) is 4.20. The Hall–Kier alpha value is -0.590. The second kappa shape index (κ2) is 6.98. The molecule has 1 fully saturated rings. The van der Waals surface area contributed by atoms with Crippen LogP contribution in [-0.2, 0) is 0 Å². The lowest BCUT2D eigenvalue weighted by Gasteiger charge is -2.34. The second-order valence-corrected chi connectivity index (χ2v) is 5.71. The maximum absolute atomic E-state index is 4.29. The van der Waals surface area contributed by atoms with Gasteiger partial charge < -0.3 is 4.99 Å². The van der Waals surface area contributed by atoms with Crippen LogP contribution in [0.15, 0.2) is 16.1 Å². The van der Waals surface area contributed by atoms with Crippen LogP contribution in [0.1, 0.15) is 59.8 Å². The van der Waals surface area contributed by atoms with E-state index in [1.807, 2.05) is 7.05 Å². The molecule has 0 saturated heterocycles. The minimum atomic E-state index is 0.686. The number of nitrogens with zero attached hydrogens (tertiary/aromatic N) is 1. The summed E-state index contributed by atoms with van der Waals surface area (Å²) in [5, 5.41) is 0. The Kier molecular flexibility index (Phi) is 5.94. The first-order valence-electron chi connectivity index (χ1n) is 7.23. The summed E-state index contributed by atoms with van der Waals surface area (Å²) in [4.78, 5) is 4.29. The van der Waals surface area contributed by atoms with Crippen molar-refractivity contribution < 1.29 is 0 Å². The topological polar surface area (TPSA) is 12.4 Å². The van der Waals surface area contributed by atoms with E-state index in [-0.39, 0.29) is 0 Å². The van der Waals surface area contributed by atoms with Crippen LogP contribution >= 0.6 is 0 Å². The molecular weight excluding hydrogens is 206 g/mol. The van der Waals surface area contributed by atoms with E-state index in [0.29, 0.717) is 11.8 Å². The summed E-state index contributed by atoms with van der Waals surface area (Å²) in [7, 11) is 1.91. The monoisotopic (exact) mass is 235 g/mol. The Morgan fingerprint density at radius 3 is 2.47 bits per heavy atom. The lowest BCUT2D eigenvalue weighted by atomic mass is 9.71. The van der Waals surface area contributed by atoms with Crippen molar-refractivity contribution in [1.29, 1.82) is 0 Å². The van der Waals surface area contributed by atoms with Gasteiger partial charge in [-0.15, -0.1) is 0 Å². The number of aliphatic imine (C=N–C) groups is 1. The van der Waals surface area contributed by atoms with Crippen LogP contribution in [0, 0.1) is 17.8 Å². The van der Waals surface area contributed by atoms with E-state index >= 15 is 0 Å². The zero-order valence-electron chi connectivity index (χ0n) is 12.3. The number of hydrogen-bond donors (Lipinski definition) is 0. The summed E-state index contributed by atoms with van der Waals surface area (Å²) < 4.78 is 0. The molecule has 0 aromatic rings. The summed E-state index contributed by atoms with van der Waals surface area (Å²) in [6.45, 7) is 9.31. The van der Waals surface area contributed by atoms with Crippen LogP contribution < -0.4 is 0 Å². The maximum atomic E-state index is 4.29. The number of hydrogen-bond acceptors (Lipinski definition) is 1. The van der Waals surface area contributed by atoms with Crippen molar-refractivity contribution in [3.63, 3.8) is 0 Å². The zero-order chi connectivity index (χ0) is 12.8. The average Bonchev–Trinajstić information content (AvgIpc) is 2.31. The van der Waals surface area contributed by atoms with Gasteiger partial charge in [0.25, 0.3) is 0 Å². The van der Waals surface area contributed by atoms with Crippen molar-refractivity contribution >= 4 is 6.21 Å². The molecule has 0 amide bonds. The predicted octanol–water partition coefficient (Wildman–Crippen LogP) is 4.88. The van der Waals surface area contributed by atoms with E-state index in [4.69, 9.17) is 0 Å². The van der Waals surface area contributed by atoms with Gasteiger partial charge in [-0.3, -0.25) is 0 Å². The lowest BCUT2D eigenvalue weighted by Crippen LogP contribution is -2.25. The lowest BCUT2D eigenvalue weighted by molar-refractivity contribution is 0.326. The van der Waals surface area contributed by atoms with Gasteiger partial charge in [-0.2, -0.15) is 0 Å². The highest BCUT2D eigenvalue weighted by atomic mass is 14.6. The SMILES string of the molecule is CC/C(C)=C(/C(C)C)[C@@H]1CCCCC1/C=N\C. The van der Waals surface area contributed by atoms with Gasteiger partial charge in [0.05, 0.1) is 0 Å². The molecule has 0 bridgehead atoms. The third-order valence-electron chi connectivity index (χ3n) is 4.20. The van der Waals surface area contributed by atoms with Crippen LogP contribution in [0.5, 0.6) is 0 Å². The summed E-state index contributed by atoms with van der Waals surface area (Å²) in [6, 6.07) is 0. The highest BCUT2D eigenvalue weighted by molar-refractivity contribution is 5.62. The first kappa shape index (κ1) is 14.5. The van der Waals surface area contributed by atoms with Gasteiger partial charge in [0.15, 0.2) is 0 Å². The van der Waals surface area contributed by atoms with Crippen molar-refractivity contribution in [3.05, 3.63) is 11.1 Å². The van der Waals surface area contributed by atoms with Gasteiger partial charge in [0, 0.05) is 19.2 Å². The van der Waals surface area contributed by atoms with Crippen molar-refractivity contribution in [1.82, 2.24) is 0 Å². The Bertz CT molecular complexity index is 286. The molecule has 1 heteroatoms. The molecule has 2 atom stereocenters. The normalized spacial score (nSPS) is 27.6. The molecule has 1 saturated carbocycles. The fourth-order valence-electron chi connectivity index (χ4n) is 3.36. The van der Waals surface area contributed by atoms with E-state index in [0.717, 1.165) is 5.92 Å². The quantitative estimate of drug-likeness (QED) is 0.486. The molecule has 1 aliphatic rings. The standard InChI is InChI=1S/C16H29N/c1-6-13(4)16(12(2)3)15-10-8-7-9-14(15)11-17-5/h11-12,14-15H,6-10H2,1-5H3/b16-13-,17-11-/t14?,15-/m1/s1. The molecule has 17 heavy (non-hydrogen) atoms. The van der Waals surface area contributed by atoms with Gasteiger partial charge in [-0.1, -0.05) is 44.8 Å². The Labute approximate surface area is 107 Å². The summed E-state index contributed by atoms with van der Waals surface area (Å²) >= 11 is 0. The van der Waals surface area contributed by atoms with E-state index in [2.05, 4.69) is 38.9 Å². The molecule has 98 valence electrons. The molecule has 0 aromatic carbocycles. The van der Waals surface area contributed by atoms with E-state index in [1.54, 1.807) is 11.1 Å². The van der Waals surface area contributed by atoms with E-state index in [1.165, 1.54) is 32.1 Å². The highest BCUT2D eigenvalue weighted by Crippen LogP contribution is 2.39. The fourth-order valence-corrected chi connectivity index (χ4v) is 3.36. The van der Waals surface area contributed by atoms with Crippen molar-refractivity contribution in [3.8, 4) is 0 Å².